The SMILES string of the molecule is CC(C)CC(NC(=O)C(NC(=O)CBr)C(C)C)C(=O)NCCCCN=C(N)N. The van der Waals surface area contributed by atoms with Crippen LogP contribution in [0, 0.1) is 11.8 Å². The number of aliphatic imine (C=N–C) groups is 1. The summed E-state index contributed by atoms with van der Waals surface area (Å²) in [4.78, 5) is 40.7. The van der Waals surface area contributed by atoms with E-state index in [2.05, 4.69) is 36.9 Å². The molecule has 0 aromatic heterocycles. The minimum absolute atomic E-state index is 0.0513. The van der Waals surface area contributed by atoms with E-state index in [4.69, 9.17) is 11.5 Å². The zero-order valence-electron chi connectivity index (χ0n) is 17.3. The Labute approximate surface area is 176 Å². The van der Waals surface area contributed by atoms with Crippen LogP contribution >= 0.6 is 15.9 Å². The second kappa shape index (κ2) is 14.2. The summed E-state index contributed by atoms with van der Waals surface area (Å²) in [6.45, 7) is 8.62. The quantitative estimate of drug-likeness (QED) is 0.115. The fourth-order valence-corrected chi connectivity index (χ4v) is 2.65. The topological polar surface area (TPSA) is 152 Å². The molecule has 7 N–H and O–H groups in total. The number of nitrogens with zero attached hydrogens (tertiary/aromatic N) is 1. The maximum Gasteiger partial charge on any atom is 0.243 e. The Bertz CT molecular complexity index is 535. The third-order valence-corrected chi connectivity index (χ3v) is 4.41. The van der Waals surface area contributed by atoms with E-state index < -0.39 is 12.1 Å². The van der Waals surface area contributed by atoms with Crippen LogP contribution in [-0.4, -0.2) is 54.2 Å². The van der Waals surface area contributed by atoms with Gasteiger partial charge in [-0.3, -0.25) is 19.4 Å². The number of nitrogens with two attached hydrogens (primary N) is 2. The predicted octanol–water partition coefficient (Wildman–Crippen LogP) is 0.223. The maximum atomic E-state index is 12.7. The van der Waals surface area contributed by atoms with Crippen LogP contribution in [0.2, 0.25) is 0 Å². The van der Waals surface area contributed by atoms with Gasteiger partial charge in [0.25, 0.3) is 0 Å². The van der Waals surface area contributed by atoms with E-state index >= 15 is 0 Å². The van der Waals surface area contributed by atoms with E-state index in [-0.39, 0.29) is 40.8 Å². The minimum Gasteiger partial charge on any atom is -0.370 e. The van der Waals surface area contributed by atoms with Crippen LogP contribution < -0.4 is 27.4 Å². The summed E-state index contributed by atoms with van der Waals surface area (Å²) in [5.41, 5.74) is 10.5. The van der Waals surface area contributed by atoms with Gasteiger partial charge in [0.1, 0.15) is 12.1 Å². The first-order valence-electron chi connectivity index (χ1n) is 9.57. The third-order valence-electron chi connectivity index (χ3n) is 3.91. The largest absolute Gasteiger partial charge is 0.370 e. The fourth-order valence-electron chi connectivity index (χ4n) is 2.49. The molecule has 0 radical (unpaired) electrons. The van der Waals surface area contributed by atoms with Crippen molar-refractivity contribution in [2.45, 2.75) is 59.0 Å². The molecule has 9 nitrogen and oxygen atoms in total. The van der Waals surface area contributed by atoms with Crippen molar-refractivity contribution in [1.82, 2.24) is 16.0 Å². The number of carbonyl (C=O) groups excluding carboxylic acids is 3. The van der Waals surface area contributed by atoms with Gasteiger partial charge >= 0.3 is 0 Å². The first-order valence-corrected chi connectivity index (χ1v) is 10.7. The van der Waals surface area contributed by atoms with Crippen LogP contribution in [0.1, 0.15) is 47.0 Å². The molecular weight excluding hydrogens is 428 g/mol. The lowest BCUT2D eigenvalue weighted by Gasteiger charge is -2.26. The second-order valence-corrected chi connectivity index (χ2v) is 7.98. The van der Waals surface area contributed by atoms with Gasteiger partial charge < -0.3 is 27.4 Å². The molecule has 0 aromatic carbocycles. The van der Waals surface area contributed by atoms with Gasteiger partial charge in [-0.2, -0.15) is 0 Å². The summed E-state index contributed by atoms with van der Waals surface area (Å²) < 4.78 is 0. The Kier molecular flexibility index (Phi) is 13.3. The van der Waals surface area contributed by atoms with E-state index in [9.17, 15) is 14.4 Å². The van der Waals surface area contributed by atoms with Gasteiger partial charge in [0.05, 0.1) is 5.33 Å². The van der Waals surface area contributed by atoms with Gasteiger partial charge in [0.15, 0.2) is 5.96 Å². The number of rotatable bonds is 13. The summed E-state index contributed by atoms with van der Waals surface area (Å²) in [5, 5.41) is 8.42. The van der Waals surface area contributed by atoms with Crippen molar-refractivity contribution in [1.29, 1.82) is 0 Å². The molecule has 3 amide bonds. The van der Waals surface area contributed by atoms with E-state index in [0.717, 1.165) is 12.8 Å². The first-order chi connectivity index (χ1) is 13.1. The maximum absolute atomic E-state index is 12.7. The molecule has 0 saturated carbocycles. The van der Waals surface area contributed by atoms with E-state index in [1.807, 2.05) is 27.7 Å². The van der Waals surface area contributed by atoms with Crippen LogP contribution in [0.25, 0.3) is 0 Å². The predicted molar refractivity (Wildman–Crippen MR) is 115 cm³/mol. The highest BCUT2D eigenvalue weighted by molar-refractivity contribution is 9.09. The van der Waals surface area contributed by atoms with Gasteiger partial charge in [-0.1, -0.05) is 43.6 Å². The highest BCUT2D eigenvalue weighted by Gasteiger charge is 2.28. The monoisotopic (exact) mass is 462 g/mol. The van der Waals surface area contributed by atoms with Gasteiger partial charge in [-0.25, -0.2) is 0 Å². The van der Waals surface area contributed by atoms with Gasteiger partial charge in [-0.05, 0) is 31.1 Å². The van der Waals surface area contributed by atoms with Crippen LogP contribution in [0.15, 0.2) is 4.99 Å². The fraction of sp³-hybridized carbons (Fsp3) is 0.778. The van der Waals surface area contributed by atoms with Gasteiger partial charge in [-0.15, -0.1) is 0 Å². The average molecular weight is 463 g/mol. The van der Waals surface area contributed by atoms with Crippen LogP contribution in [-0.2, 0) is 14.4 Å². The molecule has 0 bridgehead atoms. The summed E-state index contributed by atoms with van der Waals surface area (Å²) in [5.74, 6) is -0.722. The molecule has 28 heavy (non-hydrogen) atoms. The standard InChI is InChI=1S/C18H35BrN6O3/c1-11(2)9-13(16(27)22-7-5-6-8-23-18(20)21)24-17(28)15(12(3)4)25-14(26)10-19/h11-13,15H,5-10H2,1-4H3,(H,22,27)(H,24,28)(H,25,26)(H4,20,21,23). The summed E-state index contributed by atoms with van der Waals surface area (Å²) >= 11 is 3.07. The molecule has 0 aliphatic carbocycles. The molecule has 2 atom stereocenters. The lowest BCUT2D eigenvalue weighted by molar-refractivity contribution is -0.132. The molecule has 0 aromatic rings. The molecule has 2 unspecified atom stereocenters. The lowest BCUT2D eigenvalue weighted by atomic mass is 10.00. The molecule has 162 valence electrons. The van der Waals surface area contributed by atoms with E-state index in [1.54, 1.807) is 0 Å². The highest BCUT2D eigenvalue weighted by Crippen LogP contribution is 2.08. The zero-order valence-corrected chi connectivity index (χ0v) is 18.8. The van der Waals surface area contributed by atoms with Crippen molar-refractivity contribution in [2.24, 2.45) is 28.3 Å². The number of alkyl halides is 1. The number of guanidine groups is 1. The highest BCUT2D eigenvalue weighted by atomic mass is 79.9. The van der Waals surface area contributed by atoms with Crippen LogP contribution in [0.3, 0.4) is 0 Å². The van der Waals surface area contributed by atoms with Crippen molar-refractivity contribution in [3.05, 3.63) is 0 Å². The number of hydrogen-bond donors (Lipinski definition) is 5. The number of unbranched alkanes of at least 4 members (excludes halogenated alkanes) is 1. The summed E-state index contributed by atoms with van der Waals surface area (Å²) in [7, 11) is 0. The van der Waals surface area contributed by atoms with Crippen molar-refractivity contribution in [2.75, 3.05) is 18.4 Å². The third kappa shape index (κ3) is 11.8. The van der Waals surface area contributed by atoms with Crippen molar-refractivity contribution >= 4 is 39.6 Å². The molecular formula is C18H35BrN6O3. The van der Waals surface area contributed by atoms with Gasteiger partial charge in [0, 0.05) is 13.1 Å². The average Bonchev–Trinajstić information content (AvgIpc) is 2.60. The molecule has 10 heteroatoms. The first kappa shape index (κ1) is 26.2. The summed E-state index contributed by atoms with van der Waals surface area (Å²) in [6, 6.07) is -1.36. The Morgan fingerprint density at radius 3 is 2.14 bits per heavy atom. The van der Waals surface area contributed by atoms with Gasteiger partial charge in [0.2, 0.25) is 17.7 Å². The molecule has 0 aliphatic heterocycles. The van der Waals surface area contributed by atoms with E-state index in [0.29, 0.717) is 19.5 Å². The smallest absolute Gasteiger partial charge is 0.243 e. The summed E-state index contributed by atoms with van der Waals surface area (Å²) in [6.07, 6.45) is 1.97. The Balaban J connectivity index is 4.77. The number of carbonyl (C=O) groups is 3. The Morgan fingerprint density at radius 2 is 1.64 bits per heavy atom. The Hall–Kier alpha value is -1.84. The second-order valence-electron chi connectivity index (χ2n) is 7.42. The zero-order chi connectivity index (χ0) is 21.7. The van der Waals surface area contributed by atoms with Crippen LogP contribution in [0.5, 0.6) is 0 Å². The van der Waals surface area contributed by atoms with Crippen molar-refractivity contribution < 1.29 is 14.4 Å². The number of nitrogens with one attached hydrogen (secondary N) is 3. The molecule has 0 rings (SSSR count). The number of hydrogen-bond acceptors (Lipinski definition) is 4. The molecule has 0 fully saturated rings. The lowest BCUT2D eigenvalue weighted by Crippen LogP contribution is -2.55. The van der Waals surface area contributed by atoms with E-state index in [1.165, 1.54) is 0 Å². The van der Waals surface area contributed by atoms with Crippen LogP contribution in [0.4, 0.5) is 0 Å². The molecule has 0 aliphatic rings. The molecule has 0 saturated heterocycles. The molecule has 0 heterocycles. The minimum atomic E-state index is -0.702. The normalized spacial score (nSPS) is 13.0. The Morgan fingerprint density at radius 1 is 1.00 bits per heavy atom. The number of halogens is 1. The number of amides is 3. The van der Waals surface area contributed by atoms with Crippen molar-refractivity contribution in [3.63, 3.8) is 0 Å². The van der Waals surface area contributed by atoms with Crippen molar-refractivity contribution in [3.8, 4) is 0 Å². The molecule has 0 spiro atoms.